The van der Waals surface area contributed by atoms with Crippen molar-refractivity contribution in [1.82, 2.24) is 5.32 Å². The summed E-state index contributed by atoms with van der Waals surface area (Å²) >= 11 is 0. The van der Waals surface area contributed by atoms with Gasteiger partial charge in [-0.3, -0.25) is 14.9 Å². The Morgan fingerprint density at radius 2 is 1.85 bits per heavy atom. The van der Waals surface area contributed by atoms with Crippen molar-refractivity contribution in [2.75, 3.05) is 13.7 Å². The molecule has 26 heavy (non-hydrogen) atoms. The first-order valence-electron chi connectivity index (χ1n) is 7.49. The molecule has 0 unspecified atom stereocenters. The minimum absolute atomic E-state index is 0.00844. The Balaban J connectivity index is 2.01. The smallest absolute Gasteiger partial charge is 0.416 e. The van der Waals surface area contributed by atoms with Gasteiger partial charge in [0, 0.05) is 18.7 Å². The zero-order valence-electron chi connectivity index (χ0n) is 13.7. The number of carbonyl (C=O) groups is 1. The summed E-state index contributed by atoms with van der Waals surface area (Å²) in [6, 6.07) is 8.26. The second-order valence-corrected chi connectivity index (χ2v) is 5.34. The Bertz CT molecular complexity index is 805. The number of amides is 1. The molecule has 1 amide bonds. The predicted octanol–water partition coefficient (Wildman–Crippen LogP) is 3.59. The van der Waals surface area contributed by atoms with Gasteiger partial charge in [-0.15, -0.1) is 0 Å². The van der Waals surface area contributed by atoms with Crippen molar-refractivity contribution in [2.24, 2.45) is 0 Å². The van der Waals surface area contributed by atoms with Gasteiger partial charge in [0.15, 0.2) is 0 Å². The van der Waals surface area contributed by atoms with Gasteiger partial charge in [0.1, 0.15) is 5.75 Å². The molecule has 0 saturated heterocycles. The van der Waals surface area contributed by atoms with Gasteiger partial charge < -0.3 is 10.1 Å². The van der Waals surface area contributed by atoms with Crippen molar-refractivity contribution in [3.05, 3.63) is 69.3 Å². The number of nitrogens with one attached hydrogen (secondary N) is 1. The molecule has 1 N–H and O–H groups in total. The first-order valence-corrected chi connectivity index (χ1v) is 7.49. The van der Waals surface area contributed by atoms with Crippen molar-refractivity contribution in [1.29, 1.82) is 0 Å². The first kappa shape index (κ1) is 19.2. The number of halogens is 3. The van der Waals surface area contributed by atoms with E-state index < -0.39 is 22.6 Å². The molecule has 0 radical (unpaired) electrons. The monoisotopic (exact) mass is 368 g/mol. The van der Waals surface area contributed by atoms with Gasteiger partial charge >= 0.3 is 6.18 Å². The predicted molar refractivity (Wildman–Crippen MR) is 87.1 cm³/mol. The molecule has 0 fully saturated rings. The molecule has 138 valence electrons. The van der Waals surface area contributed by atoms with Crippen molar-refractivity contribution >= 4 is 11.6 Å². The average molecular weight is 368 g/mol. The third-order valence-corrected chi connectivity index (χ3v) is 3.62. The molecule has 0 aliphatic rings. The lowest BCUT2D eigenvalue weighted by Crippen LogP contribution is -2.26. The van der Waals surface area contributed by atoms with E-state index in [1.807, 2.05) is 0 Å². The van der Waals surface area contributed by atoms with Crippen LogP contribution in [0.1, 0.15) is 21.5 Å². The number of hydrogen-bond acceptors (Lipinski definition) is 4. The number of nitro benzene ring substituents is 1. The molecule has 9 heteroatoms. The minimum Gasteiger partial charge on any atom is -0.496 e. The minimum atomic E-state index is -4.40. The molecule has 2 rings (SSSR count). The highest BCUT2D eigenvalue weighted by molar-refractivity contribution is 5.97. The van der Waals surface area contributed by atoms with Crippen LogP contribution in [0, 0.1) is 10.1 Å². The number of hydrogen-bond donors (Lipinski definition) is 1. The summed E-state index contributed by atoms with van der Waals surface area (Å²) in [7, 11) is 1.33. The van der Waals surface area contributed by atoms with E-state index in [0.29, 0.717) is 12.0 Å². The molecule has 0 aliphatic heterocycles. The van der Waals surface area contributed by atoms with Crippen LogP contribution in [0.5, 0.6) is 5.75 Å². The molecular formula is C17H15F3N2O4. The normalized spacial score (nSPS) is 11.1. The molecule has 0 aliphatic carbocycles. The third-order valence-electron chi connectivity index (χ3n) is 3.62. The second-order valence-electron chi connectivity index (χ2n) is 5.34. The lowest BCUT2D eigenvalue weighted by molar-refractivity contribution is -0.384. The number of non-ortho nitro benzene ring substituents is 1. The van der Waals surface area contributed by atoms with Gasteiger partial charge in [0.05, 0.1) is 23.2 Å². The van der Waals surface area contributed by atoms with Crippen LogP contribution in [0.15, 0.2) is 42.5 Å². The standard InChI is InChI=1S/C17H15F3N2O4/c1-26-15-7-6-13(22(24)25)10-14(15)16(23)21-9-8-11-2-4-12(5-3-11)17(18,19)20/h2-7,10H,8-9H2,1H3,(H,21,23). The molecule has 0 heterocycles. The van der Waals surface area contributed by atoms with Crippen molar-refractivity contribution in [3.8, 4) is 5.75 Å². The summed E-state index contributed by atoms with van der Waals surface area (Å²) in [4.78, 5) is 22.4. The number of alkyl halides is 3. The Morgan fingerprint density at radius 3 is 2.38 bits per heavy atom. The number of rotatable bonds is 6. The lowest BCUT2D eigenvalue weighted by Gasteiger charge is -2.10. The number of carbonyl (C=O) groups excluding carboxylic acids is 1. The summed E-state index contributed by atoms with van der Waals surface area (Å²) in [5.74, 6) is -0.389. The van der Waals surface area contributed by atoms with Gasteiger partial charge in [0.2, 0.25) is 0 Å². The van der Waals surface area contributed by atoms with Crippen LogP contribution >= 0.6 is 0 Å². The van der Waals surface area contributed by atoms with Gasteiger partial charge in [-0.25, -0.2) is 0 Å². The number of methoxy groups -OCH3 is 1. The van der Waals surface area contributed by atoms with Gasteiger partial charge in [-0.1, -0.05) is 12.1 Å². The molecular weight excluding hydrogens is 353 g/mol. The quantitative estimate of drug-likeness (QED) is 0.624. The summed E-state index contributed by atoms with van der Waals surface area (Å²) in [6.45, 7) is 0.149. The Kier molecular flexibility index (Phi) is 5.81. The topological polar surface area (TPSA) is 81.5 Å². The zero-order chi connectivity index (χ0) is 19.3. The SMILES string of the molecule is COc1ccc([N+](=O)[O-])cc1C(=O)NCCc1ccc(C(F)(F)F)cc1. The second kappa shape index (κ2) is 7.85. The average Bonchev–Trinajstić information content (AvgIpc) is 2.60. The van der Waals surface area contributed by atoms with E-state index in [2.05, 4.69) is 5.32 Å². The van der Waals surface area contributed by atoms with Crippen LogP contribution in [0.3, 0.4) is 0 Å². The fraction of sp³-hybridized carbons (Fsp3) is 0.235. The van der Waals surface area contributed by atoms with E-state index in [1.165, 1.54) is 31.4 Å². The van der Waals surface area contributed by atoms with Crippen molar-refractivity contribution < 1.29 is 27.6 Å². The van der Waals surface area contributed by atoms with E-state index in [-0.39, 0.29) is 23.5 Å². The van der Waals surface area contributed by atoms with E-state index in [0.717, 1.165) is 18.2 Å². The van der Waals surface area contributed by atoms with Crippen LogP contribution in [-0.4, -0.2) is 24.5 Å². The fourth-order valence-corrected chi connectivity index (χ4v) is 2.26. The fourth-order valence-electron chi connectivity index (χ4n) is 2.26. The van der Waals surface area contributed by atoms with Crippen molar-refractivity contribution in [3.63, 3.8) is 0 Å². The Hall–Kier alpha value is -3.10. The molecule has 2 aromatic carbocycles. The summed E-state index contributed by atoms with van der Waals surface area (Å²) < 4.78 is 42.5. The van der Waals surface area contributed by atoms with Crippen LogP contribution in [0.4, 0.5) is 18.9 Å². The van der Waals surface area contributed by atoms with Crippen LogP contribution in [-0.2, 0) is 12.6 Å². The maximum Gasteiger partial charge on any atom is 0.416 e. The number of ether oxygens (including phenoxy) is 1. The molecule has 0 spiro atoms. The molecule has 2 aromatic rings. The summed E-state index contributed by atoms with van der Waals surface area (Å²) in [5, 5.41) is 13.4. The summed E-state index contributed by atoms with van der Waals surface area (Å²) in [5.41, 5.74) is -0.372. The largest absolute Gasteiger partial charge is 0.496 e. The molecule has 0 aromatic heterocycles. The summed E-state index contributed by atoms with van der Waals surface area (Å²) in [6.07, 6.45) is -4.09. The number of benzene rings is 2. The first-order chi connectivity index (χ1) is 12.2. The zero-order valence-corrected chi connectivity index (χ0v) is 13.7. The van der Waals surface area contributed by atoms with Gasteiger partial charge in [-0.2, -0.15) is 13.2 Å². The Labute approximate surface area is 146 Å². The van der Waals surface area contributed by atoms with E-state index in [4.69, 9.17) is 4.74 Å². The highest BCUT2D eigenvalue weighted by Crippen LogP contribution is 2.29. The van der Waals surface area contributed by atoms with Crippen LogP contribution < -0.4 is 10.1 Å². The van der Waals surface area contributed by atoms with Crippen LogP contribution in [0.2, 0.25) is 0 Å². The van der Waals surface area contributed by atoms with E-state index >= 15 is 0 Å². The third kappa shape index (κ3) is 4.71. The number of nitrogens with zero attached hydrogens (tertiary/aromatic N) is 1. The maximum atomic E-state index is 12.5. The van der Waals surface area contributed by atoms with Gasteiger partial charge in [-0.05, 0) is 30.2 Å². The molecule has 0 atom stereocenters. The highest BCUT2D eigenvalue weighted by Gasteiger charge is 2.29. The van der Waals surface area contributed by atoms with E-state index in [9.17, 15) is 28.1 Å². The van der Waals surface area contributed by atoms with E-state index in [1.54, 1.807) is 0 Å². The lowest BCUT2D eigenvalue weighted by atomic mass is 10.1. The Morgan fingerprint density at radius 1 is 1.19 bits per heavy atom. The van der Waals surface area contributed by atoms with Crippen LogP contribution in [0.25, 0.3) is 0 Å². The molecule has 0 bridgehead atoms. The highest BCUT2D eigenvalue weighted by atomic mass is 19.4. The molecule has 6 nitrogen and oxygen atoms in total. The van der Waals surface area contributed by atoms with Crippen molar-refractivity contribution in [2.45, 2.75) is 12.6 Å². The number of nitro groups is 1. The van der Waals surface area contributed by atoms with Gasteiger partial charge in [0.25, 0.3) is 11.6 Å². The maximum absolute atomic E-state index is 12.5. The molecule has 0 saturated carbocycles.